The molecule has 116 valence electrons. The van der Waals surface area contributed by atoms with E-state index in [0.717, 1.165) is 23.9 Å². The van der Waals surface area contributed by atoms with Gasteiger partial charge in [-0.25, -0.2) is 0 Å². The van der Waals surface area contributed by atoms with Crippen molar-refractivity contribution in [1.82, 2.24) is 0 Å². The molecular weight excluding hydrogens is 298 g/mol. The molecule has 2 heteroatoms. The lowest BCUT2D eigenvalue weighted by Gasteiger charge is -2.57. The lowest BCUT2D eigenvalue weighted by Crippen LogP contribution is -2.58. The van der Waals surface area contributed by atoms with Crippen molar-refractivity contribution in [3.63, 3.8) is 0 Å². The average Bonchev–Trinajstić information content (AvgIpc) is 2.91. The number of rotatable bonds is 1. The smallest absolute Gasteiger partial charge is 0.0385 e. The molecule has 2 aliphatic heterocycles. The van der Waals surface area contributed by atoms with Gasteiger partial charge >= 0.3 is 0 Å². The second-order valence-electron chi connectivity index (χ2n) is 7.90. The molecule has 4 fully saturated rings. The van der Waals surface area contributed by atoms with Gasteiger partial charge in [0.15, 0.2) is 0 Å². The van der Waals surface area contributed by atoms with Crippen LogP contribution in [0.5, 0.6) is 0 Å². The Balaban J connectivity index is 1.48. The number of benzene rings is 2. The molecule has 2 aromatic carbocycles. The third kappa shape index (κ3) is 1.79. The number of hydrogen-bond donors (Lipinski definition) is 0. The first-order chi connectivity index (χ1) is 11.3. The summed E-state index contributed by atoms with van der Waals surface area (Å²) in [5.74, 6) is 2.06. The van der Waals surface area contributed by atoms with Gasteiger partial charge in [-0.15, -0.1) is 11.3 Å². The molecule has 3 aromatic rings. The van der Waals surface area contributed by atoms with E-state index in [1.807, 2.05) is 11.3 Å². The Morgan fingerprint density at radius 2 is 1.43 bits per heavy atom. The van der Waals surface area contributed by atoms with Crippen molar-refractivity contribution in [1.29, 1.82) is 0 Å². The zero-order valence-electron chi connectivity index (χ0n) is 13.2. The molecule has 7 rings (SSSR count). The maximum absolute atomic E-state index is 2.80. The quantitative estimate of drug-likeness (QED) is 0.546. The average molecular weight is 319 g/mol. The molecule has 23 heavy (non-hydrogen) atoms. The molecule has 1 aromatic heterocycles. The molecular formula is C21H21NS. The summed E-state index contributed by atoms with van der Waals surface area (Å²) in [4.78, 5) is 2.80. The second-order valence-corrected chi connectivity index (χ2v) is 8.99. The highest BCUT2D eigenvalue weighted by Crippen LogP contribution is 2.51. The minimum absolute atomic E-state index is 0.818. The van der Waals surface area contributed by atoms with E-state index in [1.54, 1.807) is 0 Å². The van der Waals surface area contributed by atoms with Gasteiger partial charge in [-0.1, -0.05) is 24.3 Å². The van der Waals surface area contributed by atoms with Crippen LogP contribution in [0.1, 0.15) is 32.1 Å². The summed E-state index contributed by atoms with van der Waals surface area (Å²) in [6, 6.07) is 17.7. The van der Waals surface area contributed by atoms with Crippen molar-refractivity contribution >= 4 is 37.2 Å². The first-order valence-electron chi connectivity index (χ1n) is 9.05. The first kappa shape index (κ1) is 12.8. The Labute approximate surface area is 140 Å². The molecule has 2 aliphatic carbocycles. The summed E-state index contributed by atoms with van der Waals surface area (Å²) in [5, 5.41) is 2.85. The van der Waals surface area contributed by atoms with Crippen LogP contribution in [0.4, 0.5) is 5.69 Å². The monoisotopic (exact) mass is 319 g/mol. The van der Waals surface area contributed by atoms with E-state index >= 15 is 0 Å². The van der Waals surface area contributed by atoms with Gasteiger partial charge in [0, 0.05) is 37.9 Å². The van der Waals surface area contributed by atoms with Crippen LogP contribution in [0.15, 0.2) is 42.5 Å². The highest BCUT2D eigenvalue weighted by molar-refractivity contribution is 7.25. The predicted molar refractivity (Wildman–Crippen MR) is 99.5 cm³/mol. The number of piperidine rings is 2. The fourth-order valence-corrected chi connectivity index (χ4v) is 6.97. The minimum Gasteiger partial charge on any atom is -0.365 e. The Bertz CT molecular complexity index is 880. The van der Waals surface area contributed by atoms with Gasteiger partial charge in [0.25, 0.3) is 0 Å². The molecule has 0 spiro atoms. The van der Waals surface area contributed by atoms with Gasteiger partial charge in [-0.2, -0.15) is 0 Å². The van der Waals surface area contributed by atoms with Gasteiger partial charge in [-0.3, -0.25) is 0 Å². The van der Waals surface area contributed by atoms with Crippen molar-refractivity contribution in [2.75, 3.05) is 4.90 Å². The van der Waals surface area contributed by atoms with Crippen LogP contribution in [-0.4, -0.2) is 12.1 Å². The van der Waals surface area contributed by atoms with Gasteiger partial charge in [-0.05, 0) is 62.1 Å². The van der Waals surface area contributed by atoms with Crippen LogP contribution in [0.2, 0.25) is 0 Å². The van der Waals surface area contributed by atoms with Gasteiger partial charge in [0.05, 0.1) is 0 Å². The fraction of sp³-hybridized carbons (Fsp3) is 0.429. The van der Waals surface area contributed by atoms with Crippen molar-refractivity contribution < 1.29 is 0 Å². The third-order valence-corrected chi connectivity index (χ3v) is 7.67. The molecule has 2 saturated heterocycles. The van der Waals surface area contributed by atoms with Crippen LogP contribution in [-0.2, 0) is 0 Å². The van der Waals surface area contributed by atoms with Crippen LogP contribution in [0, 0.1) is 11.8 Å². The predicted octanol–water partition coefficient (Wildman–Crippen LogP) is 5.82. The molecule has 1 nitrogen and oxygen atoms in total. The van der Waals surface area contributed by atoms with Gasteiger partial charge < -0.3 is 4.90 Å². The summed E-state index contributed by atoms with van der Waals surface area (Å²) in [6.07, 6.45) is 7.29. The van der Waals surface area contributed by atoms with Crippen LogP contribution in [0.25, 0.3) is 20.2 Å². The number of fused-ring (bicyclic) bond motifs is 3. The largest absolute Gasteiger partial charge is 0.365 e. The zero-order chi connectivity index (χ0) is 15.0. The molecule has 0 amide bonds. The van der Waals surface area contributed by atoms with E-state index in [9.17, 15) is 0 Å². The van der Waals surface area contributed by atoms with E-state index in [4.69, 9.17) is 0 Å². The molecule has 4 bridgehead atoms. The topological polar surface area (TPSA) is 3.24 Å². The lowest BCUT2D eigenvalue weighted by atomic mass is 9.63. The number of thiophene rings is 1. The maximum atomic E-state index is 2.80. The van der Waals surface area contributed by atoms with Gasteiger partial charge in [0.1, 0.15) is 0 Å². The molecule has 0 unspecified atom stereocenters. The second kappa shape index (κ2) is 4.51. The summed E-state index contributed by atoms with van der Waals surface area (Å²) >= 11 is 1.95. The van der Waals surface area contributed by atoms with Crippen molar-refractivity contribution in [3.05, 3.63) is 42.5 Å². The Hall–Kier alpha value is -1.54. The fourth-order valence-electron chi connectivity index (χ4n) is 5.83. The van der Waals surface area contributed by atoms with Crippen molar-refractivity contribution in [2.24, 2.45) is 11.8 Å². The summed E-state index contributed by atoms with van der Waals surface area (Å²) in [6.45, 7) is 0. The molecule has 0 radical (unpaired) electrons. The minimum atomic E-state index is 0.818. The van der Waals surface area contributed by atoms with Gasteiger partial charge in [0.2, 0.25) is 0 Å². The van der Waals surface area contributed by atoms with E-state index in [-0.39, 0.29) is 0 Å². The SMILES string of the molecule is c1ccc2c(c1)sc1cc(N3C4CC5CC(C4)CC3C5)ccc12. The van der Waals surface area contributed by atoms with E-state index < -0.39 is 0 Å². The van der Waals surface area contributed by atoms with Crippen LogP contribution >= 0.6 is 11.3 Å². The molecule has 2 saturated carbocycles. The summed E-state index contributed by atoms with van der Waals surface area (Å²) < 4.78 is 2.87. The normalized spacial score (nSPS) is 32.3. The molecule has 0 N–H and O–H groups in total. The van der Waals surface area contributed by atoms with E-state index in [2.05, 4.69) is 47.4 Å². The van der Waals surface area contributed by atoms with Crippen molar-refractivity contribution in [2.45, 2.75) is 44.2 Å². The van der Waals surface area contributed by atoms with E-state index in [1.165, 1.54) is 58.0 Å². The van der Waals surface area contributed by atoms with E-state index in [0.29, 0.717) is 0 Å². The number of anilines is 1. The summed E-state index contributed by atoms with van der Waals surface area (Å²) in [5.41, 5.74) is 1.48. The molecule has 4 aliphatic rings. The number of nitrogens with zero attached hydrogens (tertiary/aromatic N) is 1. The molecule has 3 heterocycles. The highest BCUT2D eigenvalue weighted by Gasteiger charge is 2.46. The Kier molecular flexibility index (Phi) is 2.51. The standard InChI is InChI=1S/C21H21NS/c1-2-4-20-18(3-1)19-6-5-15(12-21(19)23-20)22-16-8-13-7-14(10-16)11-17(22)9-13/h1-6,12-14,16-17H,7-11H2. The lowest BCUT2D eigenvalue weighted by molar-refractivity contribution is 0.0900. The Morgan fingerprint density at radius 1 is 0.739 bits per heavy atom. The summed E-state index contributed by atoms with van der Waals surface area (Å²) in [7, 11) is 0. The first-order valence-corrected chi connectivity index (χ1v) is 9.86. The van der Waals surface area contributed by atoms with Crippen molar-refractivity contribution in [3.8, 4) is 0 Å². The zero-order valence-corrected chi connectivity index (χ0v) is 14.1. The van der Waals surface area contributed by atoms with Crippen LogP contribution < -0.4 is 4.90 Å². The maximum Gasteiger partial charge on any atom is 0.0385 e. The Morgan fingerprint density at radius 3 is 2.22 bits per heavy atom. The third-order valence-electron chi connectivity index (χ3n) is 6.54. The highest BCUT2D eigenvalue weighted by atomic mass is 32.1. The number of hydrogen-bond acceptors (Lipinski definition) is 2. The molecule has 0 atom stereocenters. The van der Waals surface area contributed by atoms with Crippen LogP contribution in [0.3, 0.4) is 0 Å².